The van der Waals surface area contributed by atoms with Crippen LogP contribution in [0.5, 0.6) is 0 Å². The molecule has 3 nitrogen and oxygen atoms in total. The summed E-state index contributed by atoms with van der Waals surface area (Å²) in [7, 11) is 0. The SMILES string of the molecule is NCCCCC#Cc1cccc2c1C(=O)C(Cl)=C(Cl)C2=O. The fourth-order valence-electron chi connectivity index (χ4n) is 2.03. The maximum Gasteiger partial charge on any atom is 0.208 e. The Bertz CT molecular complexity index is 696. The predicted octanol–water partition coefficient (Wildman–Crippen LogP) is 3.24. The zero-order chi connectivity index (χ0) is 15.4. The Hall–Kier alpha value is -1.60. The van der Waals surface area contributed by atoms with Gasteiger partial charge in [-0.2, -0.15) is 0 Å². The van der Waals surface area contributed by atoms with Gasteiger partial charge in [-0.15, -0.1) is 0 Å². The highest BCUT2D eigenvalue weighted by molar-refractivity contribution is 6.59. The number of carbonyl (C=O) groups is 2. The van der Waals surface area contributed by atoms with E-state index in [2.05, 4.69) is 11.8 Å². The van der Waals surface area contributed by atoms with Gasteiger partial charge in [0.25, 0.3) is 0 Å². The summed E-state index contributed by atoms with van der Waals surface area (Å²) in [6.45, 7) is 0.633. The number of allylic oxidation sites excluding steroid dienone is 2. The molecule has 0 radical (unpaired) electrons. The molecular formula is C16H13Cl2NO2. The number of nitrogens with two attached hydrogens (primary N) is 1. The Morgan fingerprint density at radius 1 is 1.05 bits per heavy atom. The third-order valence-corrected chi connectivity index (χ3v) is 3.92. The molecular weight excluding hydrogens is 309 g/mol. The zero-order valence-corrected chi connectivity index (χ0v) is 12.7. The minimum absolute atomic E-state index is 0.234. The number of Topliss-reactive ketones (excluding diaryl/α,β-unsaturated/α-hetero) is 2. The van der Waals surface area contributed by atoms with E-state index in [1.54, 1.807) is 18.2 Å². The van der Waals surface area contributed by atoms with Crippen LogP contribution in [0, 0.1) is 11.8 Å². The minimum atomic E-state index is -0.455. The Kier molecular flexibility index (Phi) is 5.19. The van der Waals surface area contributed by atoms with Gasteiger partial charge in [0.2, 0.25) is 11.6 Å². The Labute approximate surface area is 133 Å². The van der Waals surface area contributed by atoms with Crippen molar-refractivity contribution in [2.24, 2.45) is 5.73 Å². The second-order valence-corrected chi connectivity index (χ2v) is 5.32. The van der Waals surface area contributed by atoms with Crippen LogP contribution < -0.4 is 5.73 Å². The minimum Gasteiger partial charge on any atom is -0.330 e. The van der Waals surface area contributed by atoms with Crippen LogP contribution in [0.4, 0.5) is 0 Å². The zero-order valence-electron chi connectivity index (χ0n) is 11.2. The summed E-state index contributed by atoms with van der Waals surface area (Å²) in [6.07, 6.45) is 2.49. The van der Waals surface area contributed by atoms with Gasteiger partial charge in [-0.05, 0) is 25.5 Å². The fourth-order valence-corrected chi connectivity index (χ4v) is 2.40. The standard InChI is InChI=1S/C16H13Cl2NO2/c17-13-14(18)16(21)12-10(6-3-1-2-4-9-19)7-5-8-11(12)15(13)20/h5,7-8H,1-2,4,9,19H2. The molecule has 1 aliphatic rings. The summed E-state index contributed by atoms with van der Waals surface area (Å²) >= 11 is 11.6. The van der Waals surface area contributed by atoms with Gasteiger partial charge in [0.05, 0.1) is 5.56 Å². The lowest BCUT2D eigenvalue weighted by molar-refractivity contribution is 0.0986. The van der Waals surface area contributed by atoms with E-state index >= 15 is 0 Å². The monoisotopic (exact) mass is 321 g/mol. The van der Waals surface area contributed by atoms with Crippen molar-refractivity contribution in [3.63, 3.8) is 0 Å². The summed E-state index contributed by atoms with van der Waals surface area (Å²) in [4.78, 5) is 24.3. The van der Waals surface area contributed by atoms with Gasteiger partial charge < -0.3 is 5.73 Å². The lowest BCUT2D eigenvalue weighted by Gasteiger charge is -2.15. The number of rotatable bonds is 3. The van der Waals surface area contributed by atoms with Crippen molar-refractivity contribution in [1.82, 2.24) is 0 Å². The molecule has 2 N–H and O–H groups in total. The normalized spacial score (nSPS) is 13.9. The van der Waals surface area contributed by atoms with Crippen LogP contribution in [0.15, 0.2) is 28.3 Å². The molecule has 0 aliphatic heterocycles. The number of carbonyl (C=O) groups excluding carboxylic acids is 2. The first-order valence-electron chi connectivity index (χ1n) is 6.54. The molecule has 0 saturated heterocycles. The van der Waals surface area contributed by atoms with Gasteiger partial charge in [-0.1, -0.05) is 47.2 Å². The van der Waals surface area contributed by atoms with Gasteiger partial charge in [0, 0.05) is 17.5 Å². The summed E-state index contributed by atoms with van der Waals surface area (Å²) in [5, 5.41) is -0.478. The van der Waals surface area contributed by atoms with Crippen LogP contribution in [0.1, 0.15) is 45.5 Å². The first-order valence-corrected chi connectivity index (χ1v) is 7.30. The largest absolute Gasteiger partial charge is 0.330 e. The number of fused-ring (bicyclic) bond motifs is 1. The second-order valence-electron chi connectivity index (χ2n) is 4.56. The second kappa shape index (κ2) is 6.91. The highest BCUT2D eigenvalue weighted by Crippen LogP contribution is 2.32. The van der Waals surface area contributed by atoms with Crippen molar-refractivity contribution >= 4 is 34.8 Å². The Balaban J connectivity index is 2.37. The lowest BCUT2D eigenvalue weighted by atomic mass is 9.90. The number of halogens is 2. The van der Waals surface area contributed by atoms with E-state index in [1.807, 2.05) is 0 Å². The summed E-state index contributed by atoms with van der Waals surface area (Å²) in [5.41, 5.74) is 6.41. The van der Waals surface area contributed by atoms with Crippen LogP contribution in [0.3, 0.4) is 0 Å². The molecule has 0 fully saturated rings. The van der Waals surface area contributed by atoms with Crippen molar-refractivity contribution in [2.45, 2.75) is 19.3 Å². The number of hydrogen-bond donors (Lipinski definition) is 1. The molecule has 0 aromatic heterocycles. The topological polar surface area (TPSA) is 60.2 Å². The quantitative estimate of drug-likeness (QED) is 0.686. The third kappa shape index (κ3) is 3.19. The van der Waals surface area contributed by atoms with Crippen LogP contribution in [-0.2, 0) is 0 Å². The van der Waals surface area contributed by atoms with Crippen LogP contribution in [0.2, 0.25) is 0 Å². The van der Waals surface area contributed by atoms with E-state index in [0.29, 0.717) is 18.5 Å². The van der Waals surface area contributed by atoms with Crippen molar-refractivity contribution in [2.75, 3.05) is 6.54 Å². The Morgan fingerprint density at radius 3 is 2.48 bits per heavy atom. The third-order valence-electron chi connectivity index (χ3n) is 3.11. The summed E-state index contributed by atoms with van der Waals surface area (Å²) < 4.78 is 0. The lowest BCUT2D eigenvalue weighted by Crippen LogP contribution is -2.19. The fraction of sp³-hybridized carbons (Fsp3) is 0.250. The average Bonchev–Trinajstić information content (AvgIpc) is 2.50. The van der Waals surface area contributed by atoms with Gasteiger partial charge in [-0.3, -0.25) is 9.59 Å². The van der Waals surface area contributed by atoms with E-state index in [4.69, 9.17) is 28.9 Å². The van der Waals surface area contributed by atoms with Crippen LogP contribution in [-0.4, -0.2) is 18.1 Å². The molecule has 0 heterocycles. The van der Waals surface area contributed by atoms with E-state index in [9.17, 15) is 9.59 Å². The van der Waals surface area contributed by atoms with Crippen molar-refractivity contribution in [1.29, 1.82) is 0 Å². The van der Waals surface area contributed by atoms with E-state index in [0.717, 1.165) is 12.8 Å². The first kappa shape index (κ1) is 15.8. The van der Waals surface area contributed by atoms with Crippen LogP contribution >= 0.6 is 23.2 Å². The van der Waals surface area contributed by atoms with Gasteiger partial charge in [-0.25, -0.2) is 0 Å². The number of hydrogen-bond acceptors (Lipinski definition) is 3. The molecule has 0 saturated carbocycles. The maximum absolute atomic E-state index is 12.2. The van der Waals surface area contributed by atoms with E-state index in [-0.39, 0.29) is 21.2 Å². The molecule has 0 unspecified atom stereocenters. The van der Waals surface area contributed by atoms with Gasteiger partial charge in [0.15, 0.2) is 0 Å². The van der Waals surface area contributed by atoms with E-state index < -0.39 is 11.6 Å². The predicted molar refractivity (Wildman–Crippen MR) is 83.6 cm³/mol. The molecule has 1 aliphatic carbocycles. The number of ketones is 2. The van der Waals surface area contributed by atoms with Crippen molar-refractivity contribution in [3.05, 3.63) is 45.0 Å². The smallest absolute Gasteiger partial charge is 0.208 e. The first-order chi connectivity index (χ1) is 10.1. The summed E-state index contributed by atoms with van der Waals surface area (Å²) in [6, 6.07) is 4.93. The molecule has 0 bridgehead atoms. The summed E-state index contributed by atoms with van der Waals surface area (Å²) in [5.74, 6) is 5.02. The molecule has 0 amide bonds. The molecule has 108 valence electrons. The highest BCUT2D eigenvalue weighted by Gasteiger charge is 2.31. The number of benzene rings is 1. The molecule has 21 heavy (non-hydrogen) atoms. The molecule has 0 spiro atoms. The average molecular weight is 322 g/mol. The maximum atomic E-state index is 12.2. The van der Waals surface area contributed by atoms with Gasteiger partial charge in [0.1, 0.15) is 10.1 Å². The van der Waals surface area contributed by atoms with Crippen LogP contribution in [0.25, 0.3) is 0 Å². The molecule has 1 aromatic carbocycles. The van der Waals surface area contributed by atoms with Crippen molar-refractivity contribution < 1.29 is 9.59 Å². The molecule has 2 rings (SSSR count). The van der Waals surface area contributed by atoms with E-state index in [1.165, 1.54) is 0 Å². The highest BCUT2D eigenvalue weighted by atomic mass is 35.5. The van der Waals surface area contributed by atoms with Crippen molar-refractivity contribution in [3.8, 4) is 11.8 Å². The van der Waals surface area contributed by atoms with Gasteiger partial charge >= 0.3 is 0 Å². The molecule has 5 heteroatoms. The molecule has 0 atom stereocenters. The number of unbranched alkanes of at least 4 members (excludes halogenated alkanes) is 2. The Morgan fingerprint density at radius 2 is 1.76 bits per heavy atom. The molecule has 1 aromatic rings.